The van der Waals surface area contributed by atoms with E-state index >= 15 is 0 Å². The minimum Gasteiger partial charge on any atom is -0.387 e. The van der Waals surface area contributed by atoms with Crippen LogP contribution in [0.15, 0.2) is 0 Å². The van der Waals surface area contributed by atoms with Crippen LogP contribution in [0.5, 0.6) is 0 Å². The van der Waals surface area contributed by atoms with Crippen LogP contribution in [-0.2, 0) is 18.9 Å². The Balaban J connectivity index is 1.96. The van der Waals surface area contributed by atoms with Crippen LogP contribution in [0.25, 0.3) is 0 Å². The molecule has 2 heterocycles. The van der Waals surface area contributed by atoms with Crippen LogP contribution in [0.2, 0.25) is 0 Å². The summed E-state index contributed by atoms with van der Waals surface area (Å²) in [6, 6.07) is 0. The number of fused-ring (bicyclic) bond motifs is 1. The highest BCUT2D eigenvalue weighted by Gasteiger charge is 2.57. The largest absolute Gasteiger partial charge is 0.387 e. The van der Waals surface area contributed by atoms with E-state index in [2.05, 4.69) is 0 Å². The van der Waals surface area contributed by atoms with Crippen molar-refractivity contribution in [2.45, 2.75) is 30.7 Å². The molecule has 0 aromatic rings. The molecule has 0 bridgehead atoms. The Morgan fingerprint density at radius 1 is 1.23 bits per heavy atom. The number of hydrogen-bond acceptors (Lipinski definition) is 5. The van der Waals surface area contributed by atoms with E-state index in [0.717, 1.165) is 0 Å². The van der Waals surface area contributed by atoms with Gasteiger partial charge in [0, 0.05) is 14.2 Å². The van der Waals surface area contributed by atoms with Crippen LogP contribution in [0.4, 0.5) is 0 Å². The van der Waals surface area contributed by atoms with Crippen LogP contribution in [0.3, 0.4) is 0 Å². The van der Waals surface area contributed by atoms with Gasteiger partial charge in [0.2, 0.25) is 0 Å². The molecule has 0 amide bonds. The first-order valence-electron chi connectivity index (χ1n) is 4.28. The molecule has 2 saturated heterocycles. The standard InChI is InChI=1S/C8H14O5/c1-10-3-4-5(9)6-7(13-6)8(11-2)12-4/h4-9H,3H2,1-2H3/t4-,5-,6-,7-,8+/m1/s1. The molecule has 2 rings (SSSR count). The number of methoxy groups -OCH3 is 2. The van der Waals surface area contributed by atoms with Crippen molar-refractivity contribution in [3.63, 3.8) is 0 Å². The zero-order valence-electron chi connectivity index (χ0n) is 7.67. The van der Waals surface area contributed by atoms with Gasteiger partial charge < -0.3 is 24.1 Å². The molecule has 0 unspecified atom stereocenters. The van der Waals surface area contributed by atoms with Crippen molar-refractivity contribution in [3.05, 3.63) is 0 Å². The Morgan fingerprint density at radius 2 is 2.00 bits per heavy atom. The highest BCUT2D eigenvalue weighted by molar-refractivity contribution is 5.00. The second kappa shape index (κ2) is 3.51. The summed E-state index contributed by atoms with van der Waals surface area (Å²) in [5, 5.41) is 9.64. The van der Waals surface area contributed by atoms with Crippen molar-refractivity contribution in [2.75, 3.05) is 20.8 Å². The average molecular weight is 190 g/mol. The molecule has 0 spiro atoms. The molecule has 2 aliphatic heterocycles. The molecular formula is C8H14O5. The molecule has 1 N–H and O–H groups in total. The summed E-state index contributed by atoms with van der Waals surface area (Å²) >= 11 is 0. The molecule has 5 heteroatoms. The average Bonchev–Trinajstić information content (AvgIpc) is 2.90. The number of epoxide rings is 1. The lowest BCUT2D eigenvalue weighted by atomic mass is 10.1. The highest BCUT2D eigenvalue weighted by Crippen LogP contribution is 2.37. The van der Waals surface area contributed by atoms with E-state index in [4.69, 9.17) is 18.9 Å². The summed E-state index contributed by atoms with van der Waals surface area (Å²) in [5.74, 6) is 0. The van der Waals surface area contributed by atoms with Crippen LogP contribution in [0, 0.1) is 0 Å². The zero-order valence-corrected chi connectivity index (χ0v) is 7.67. The minimum atomic E-state index is -0.601. The van der Waals surface area contributed by atoms with Crippen molar-refractivity contribution in [3.8, 4) is 0 Å². The van der Waals surface area contributed by atoms with Gasteiger partial charge in [-0.2, -0.15) is 0 Å². The fourth-order valence-corrected chi connectivity index (χ4v) is 1.66. The van der Waals surface area contributed by atoms with Crippen molar-refractivity contribution in [1.82, 2.24) is 0 Å². The smallest absolute Gasteiger partial charge is 0.186 e. The quantitative estimate of drug-likeness (QED) is 0.586. The first-order valence-corrected chi connectivity index (χ1v) is 4.28. The van der Waals surface area contributed by atoms with Crippen LogP contribution in [0.1, 0.15) is 0 Å². The van der Waals surface area contributed by atoms with Gasteiger partial charge in [0.1, 0.15) is 24.4 Å². The van der Waals surface area contributed by atoms with Gasteiger partial charge in [0.25, 0.3) is 0 Å². The lowest BCUT2D eigenvalue weighted by Crippen LogP contribution is -2.47. The Hall–Kier alpha value is -0.200. The van der Waals surface area contributed by atoms with E-state index in [0.29, 0.717) is 6.61 Å². The Morgan fingerprint density at radius 3 is 2.62 bits per heavy atom. The molecule has 5 atom stereocenters. The maximum atomic E-state index is 9.64. The Bertz CT molecular complexity index is 185. The van der Waals surface area contributed by atoms with Crippen molar-refractivity contribution < 1.29 is 24.1 Å². The third-order valence-electron chi connectivity index (χ3n) is 2.42. The monoisotopic (exact) mass is 190 g/mol. The first kappa shape index (κ1) is 9.36. The lowest BCUT2D eigenvalue weighted by molar-refractivity contribution is -0.209. The zero-order chi connectivity index (χ0) is 9.42. The van der Waals surface area contributed by atoms with Crippen molar-refractivity contribution in [1.29, 1.82) is 0 Å². The Kier molecular flexibility index (Phi) is 2.53. The first-order chi connectivity index (χ1) is 6.27. The van der Waals surface area contributed by atoms with Crippen LogP contribution >= 0.6 is 0 Å². The SMILES string of the molecule is COC[C@H]1O[C@H](OC)[C@@H]2O[C@@H]2[C@@H]1O. The summed E-state index contributed by atoms with van der Waals surface area (Å²) in [5.41, 5.74) is 0. The predicted molar refractivity (Wildman–Crippen MR) is 42.2 cm³/mol. The minimum absolute atomic E-state index is 0.104. The number of aliphatic hydroxyl groups excluding tert-OH is 1. The van der Waals surface area contributed by atoms with Gasteiger partial charge in [-0.25, -0.2) is 0 Å². The van der Waals surface area contributed by atoms with Crippen molar-refractivity contribution in [2.24, 2.45) is 0 Å². The Labute approximate surface area is 76.5 Å². The van der Waals surface area contributed by atoms with Gasteiger partial charge in [-0.1, -0.05) is 0 Å². The summed E-state index contributed by atoms with van der Waals surface area (Å²) in [4.78, 5) is 0. The molecule has 2 fully saturated rings. The summed E-state index contributed by atoms with van der Waals surface area (Å²) < 4.78 is 20.6. The normalized spacial score (nSPS) is 48.7. The van der Waals surface area contributed by atoms with Gasteiger partial charge in [-0.05, 0) is 0 Å². The molecule has 0 radical (unpaired) electrons. The maximum absolute atomic E-state index is 9.64. The second-order valence-electron chi connectivity index (χ2n) is 3.29. The van der Waals surface area contributed by atoms with Crippen LogP contribution in [-0.4, -0.2) is 56.6 Å². The third kappa shape index (κ3) is 1.58. The molecule has 0 aromatic heterocycles. The van der Waals surface area contributed by atoms with E-state index < -0.39 is 6.10 Å². The number of ether oxygens (including phenoxy) is 4. The van der Waals surface area contributed by atoms with E-state index in [1.807, 2.05) is 0 Å². The molecular weight excluding hydrogens is 176 g/mol. The molecule has 13 heavy (non-hydrogen) atoms. The molecule has 0 aromatic carbocycles. The summed E-state index contributed by atoms with van der Waals surface area (Å²) in [6.45, 7) is 0.355. The third-order valence-corrected chi connectivity index (χ3v) is 2.42. The van der Waals surface area contributed by atoms with Gasteiger partial charge >= 0.3 is 0 Å². The maximum Gasteiger partial charge on any atom is 0.186 e. The highest BCUT2D eigenvalue weighted by atomic mass is 16.7. The number of aliphatic hydroxyl groups is 1. The second-order valence-corrected chi connectivity index (χ2v) is 3.29. The molecule has 5 nitrogen and oxygen atoms in total. The number of hydrogen-bond donors (Lipinski definition) is 1. The number of rotatable bonds is 3. The lowest BCUT2D eigenvalue weighted by Gasteiger charge is -2.29. The molecule has 0 saturated carbocycles. The van der Waals surface area contributed by atoms with Gasteiger partial charge in [0.05, 0.1) is 6.61 Å². The van der Waals surface area contributed by atoms with Gasteiger partial charge in [-0.15, -0.1) is 0 Å². The predicted octanol–water partition coefficient (Wildman–Crippen LogP) is -0.868. The fraction of sp³-hybridized carbons (Fsp3) is 1.00. The summed E-state index contributed by atoms with van der Waals surface area (Å²) in [7, 11) is 3.13. The van der Waals surface area contributed by atoms with E-state index in [1.165, 1.54) is 0 Å². The van der Waals surface area contributed by atoms with Gasteiger partial charge in [0.15, 0.2) is 6.29 Å². The van der Waals surface area contributed by atoms with Crippen molar-refractivity contribution >= 4 is 0 Å². The van der Waals surface area contributed by atoms with Crippen LogP contribution < -0.4 is 0 Å². The molecule has 2 aliphatic rings. The van der Waals surface area contributed by atoms with Gasteiger partial charge in [-0.3, -0.25) is 0 Å². The topological polar surface area (TPSA) is 60.5 Å². The fourth-order valence-electron chi connectivity index (χ4n) is 1.66. The van der Waals surface area contributed by atoms with E-state index in [1.54, 1.807) is 14.2 Å². The molecule has 76 valence electrons. The summed E-state index contributed by atoms with van der Waals surface area (Å²) in [6.07, 6.45) is -1.56. The van der Waals surface area contributed by atoms with E-state index in [9.17, 15) is 5.11 Å². The molecule has 0 aliphatic carbocycles. The van der Waals surface area contributed by atoms with E-state index in [-0.39, 0.29) is 24.6 Å².